The average Bonchev–Trinajstić information content (AvgIpc) is 2.89. The van der Waals surface area contributed by atoms with Gasteiger partial charge in [0.15, 0.2) is 6.61 Å². The number of benzene rings is 3. The van der Waals surface area contributed by atoms with Gasteiger partial charge in [-0.15, -0.1) is 0 Å². The number of anilines is 1. The molecule has 0 aliphatic heterocycles. The summed E-state index contributed by atoms with van der Waals surface area (Å²) >= 11 is 6.28. The molecule has 36 heavy (non-hydrogen) atoms. The van der Waals surface area contributed by atoms with Gasteiger partial charge >= 0.3 is 12.0 Å². The fraction of sp³-hybridized carbons (Fsp3) is 0.148. The van der Waals surface area contributed by atoms with Crippen LogP contribution < -0.4 is 20.9 Å². The van der Waals surface area contributed by atoms with E-state index in [1.54, 1.807) is 54.1 Å². The summed E-state index contributed by atoms with van der Waals surface area (Å²) in [7, 11) is 2.96. The van der Waals surface area contributed by atoms with Crippen molar-refractivity contribution in [2.24, 2.45) is 7.05 Å². The van der Waals surface area contributed by atoms with E-state index in [1.165, 1.54) is 7.11 Å². The first kappa shape index (κ1) is 24.8. The molecule has 0 spiro atoms. The van der Waals surface area contributed by atoms with Crippen LogP contribution in [0.1, 0.15) is 5.69 Å². The maximum absolute atomic E-state index is 13.1. The molecule has 4 rings (SSSR count). The fourth-order valence-corrected chi connectivity index (χ4v) is 4.05. The number of amides is 2. The second-order valence-electron chi connectivity index (χ2n) is 7.94. The standard InChI is InChI=1S/C27H24ClN3O5/c1-31-23(15-29-27(34)30-19-9-6-10-20(14-19)36-16-24(32)35-2)25(17-7-4-3-5-8-17)22-13-18(28)11-12-21(22)26(31)33/h3-14H,15-16H2,1-2H3,(H2,29,30,34). The van der Waals surface area contributed by atoms with Crippen LogP contribution in [0.5, 0.6) is 5.75 Å². The van der Waals surface area contributed by atoms with E-state index in [2.05, 4.69) is 15.4 Å². The quantitative estimate of drug-likeness (QED) is 0.354. The van der Waals surface area contributed by atoms with Gasteiger partial charge in [-0.05, 0) is 41.3 Å². The third kappa shape index (κ3) is 5.50. The molecule has 2 N–H and O–H groups in total. The number of hydrogen-bond acceptors (Lipinski definition) is 5. The van der Waals surface area contributed by atoms with E-state index in [0.717, 1.165) is 11.1 Å². The van der Waals surface area contributed by atoms with Crippen molar-refractivity contribution in [3.8, 4) is 16.9 Å². The zero-order chi connectivity index (χ0) is 25.7. The van der Waals surface area contributed by atoms with Crippen molar-refractivity contribution >= 4 is 40.1 Å². The smallest absolute Gasteiger partial charge is 0.343 e. The van der Waals surface area contributed by atoms with Crippen molar-refractivity contribution in [3.05, 3.63) is 93.9 Å². The van der Waals surface area contributed by atoms with Gasteiger partial charge in [0.1, 0.15) is 5.75 Å². The number of aromatic nitrogens is 1. The number of rotatable bonds is 7. The molecule has 0 fully saturated rings. The zero-order valence-corrected chi connectivity index (χ0v) is 20.5. The third-order valence-electron chi connectivity index (χ3n) is 5.63. The number of carbonyl (C=O) groups excluding carboxylic acids is 2. The SMILES string of the molecule is COC(=O)COc1cccc(NC(=O)NCc2c(-c3ccccc3)c3cc(Cl)ccc3c(=O)n2C)c1. The number of pyridine rings is 1. The number of fused-ring (bicyclic) bond motifs is 1. The van der Waals surface area contributed by atoms with Gasteiger partial charge in [-0.1, -0.05) is 48.0 Å². The summed E-state index contributed by atoms with van der Waals surface area (Å²) in [6.45, 7) is -0.156. The molecule has 9 heteroatoms. The van der Waals surface area contributed by atoms with Crippen LogP contribution in [0, 0.1) is 0 Å². The number of nitrogens with one attached hydrogen (secondary N) is 2. The van der Waals surface area contributed by atoms with Gasteiger partial charge < -0.3 is 24.7 Å². The van der Waals surface area contributed by atoms with Crippen molar-refractivity contribution < 1.29 is 19.1 Å². The van der Waals surface area contributed by atoms with Crippen LogP contribution in [-0.4, -0.2) is 30.3 Å². The van der Waals surface area contributed by atoms with Crippen molar-refractivity contribution in [3.63, 3.8) is 0 Å². The number of nitrogens with zero attached hydrogens (tertiary/aromatic N) is 1. The lowest BCUT2D eigenvalue weighted by Crippen LogP contribution is -2.32. The molecular formula is C27H24ClN3O5. The normalized spacial score (nSPS) is 10.6. The maximum Gasteiger partial charge on any atom is 0.343 e. The van der Waals surface area contributed by atoms with E-state index in [9.17, 15) is 14.4 Å². The van der Waals surface area contributed by atoms with E-state index in [-0.39, 0.29) is 18.7 Å². The molecule has 0 saturated heterocycles. The van der Waals surface area contributed by atoms with Crippen LogP contribution in [0.25, 0.3) is 21.9 Å². The van der Waals surface area contributed by atoms with E-state index < -0.39 is 12.0 Å². The van der Waals surface area contributed by atoms with Gasteiger partial charge in [0.2, 0.25) is 0 Å². The van der Waals surface area contributed by atoms with Crippen molar-refractivity contribution in [2.45, 2.75) is 6.54 Å². The zero-order valence-electron chi connectivity index (χ0n) is 19.7. The highest BCUT2D eigenvalue weighted by Crippen LogP contribution is 2.32. The molecule has 1 aromatic heterocycles. The summed E-state index contributed by atoms with van der Waals surface area (Å²) in [5, 5.41) is 7.33. The Labute approximate surface area is 212 Å². The predicted octanol–water partition coefficient (Wildman–Crippen LogP) is 4.73. The highest BCUT2D eigenvalue weighted by atomic mass is 35.5. The Bertz CT molecular complexity index is 1480. The molecule has 4 aromatic rings. The number of urea groups is 1. The first-order valence-corrected chi connectivity index (χ1v) is 11.5. The highest BCUT2D eigenvalue weighted by molar-refractivity contribution is 6.31. The minimum Gasteiger partial charge on any atom is -0.482 e. The third-order valence-corrected chi connectivity index (χ3v) is 5.87. The molecule has 0 aliphatic carbocycles. The Balaban J connectivity index is 1.60. The molecule has 0 aliphatic rings. The number of hydrogen-bond donors (Lipinski definition) is 2. The van der Waals surface area contributed by atoms with E-state index >= 15 is 0 Å². The lowest BCUT2D eigenvalue weighted by Gasteiger charge is -2.18. The Kier molecular flexibility index (Phi) is 7.56. The van der Waals surface area contributed by atoms with Crippen LogP contribution in [0.2, 0.25) is 5.02 Å². The Morgan fingerprint density at radius 3 is 2.50 bits per heavy atom. The molecule has 0 saturated carbocycles. The van der Waals surface area contributed by atoms with Crippen LogP contribution in [0.15, 0.2) is 77.6 Å². The fourth-order valence-electron chi connectivity index (χ4n) is 3.87. The lowest BCUT2D eigenvalue weighted by atomic mass is 9.96. The van der Waals surface area contributed by atoms with Gasteiger partial charge in [0, 0.05) is 40.5 Å². The van der Waals surface area contributed by atoms with Gasteiger partial charge in [-0.25, -0.2) is 9.59 Å². The lowest BCUT2D eigenvalue weighted by molar-refractivity contribution is -0.142. The molecule has 0 radical (unpaired) electrons. The molecule has 184 valence electrons. The monoisotopic (exact) mass is 505 g/mol. The summed E-state index contributed by atoms with van der Waals surface area (Å²) in [4.78, 5) is 37.1. The number of halogens is 1. The van der Waals surface area contributed by atoms with Crippen molar-refractivity contribution in [1.29, 1.82) is 0 Å². The summed E-state index contributed by atoms with van der Waals surface area (Å²) in [6, 6.07) is 21.0. The summed E-state index contributed by atoms with van der Waals surface area (Å²) in [5.41, 5.74) is 2.62. The first-order chi connectivity index (χ1) is 17.4. The number of esters is 1. The van der Waals surface area contributed by atoms with Crippen molar-refractivity contribution in [1.82, 2.24) is 9.88 Å². The summed E-state index contributed by atoms with van der Waals surface area (Å²) in [6.07, 6.45) is 0. The van der Waals surface area contributed by atoms with Gasteiger partial charge in [0.25, 0.3) is 5.56 Å². The minimum atomic E-state index is -0.511. The number of carbonyl (C=O) groups is 2. The van der Waals surface area contributed by atoms with Gasteiger partial charge in [0.05, 0.1) is 13.7 Å². The molecular weight excluding hydrogens is 482 g/mol. The van der Waals surface area contributed by atoms with Crippen LogP contribution in [0.3, 0.4) is 0 Å². The molecule has 3 aromatic carbocycles. The number of ether oxygens (including phenoxy) is 2. The molecule has 2 amide bonds. The minimum absolute atomic E-state index is 0.0861. The average molecular weight is 506 g/mol. The Morgan fingerprint density at radius 1 is 0.972 bits per heavy atom. The van der Waals surface area contributed by atoms with Gasteiger partial charge in [-0.3, -0.25) is 4.79 Å². The molecule has 0 unspecified atom stereocenters. The highest BCUT2D eigenvalue weighted by Gasteiger charge is 2.17. The topological polar surface area (TPSA) is 98.7 Å². The molecule has 8 nitrogen and oxygen atoms in total. The predicted molar refractivity (Wildman–Crippen MR) is 139 cm³/mol. The maximum atomic E-state index is 13.1. The van der Waals surface area contributed by atoms with Crippen LogP contribution in [-0.2, 0) is 23.1 Å². The Hall–Kier alpha value is -4.30. The van der Waals surface area contributed by atoms with Gasteiger partial charge in [-0.2, -0.15) is 0 Å². The molecule has 0 bridgehead atoms. The second-order valence-corrected chi connectivity index (χ2v) is 8.38. The van der Waals surface area contributed by atoms with Crippen molar-refractivity contribution in [2.75, 3.05) is 19.0 Å². The largest absolute Gasteiger partial charge is 0.482 e. The Morgan fingerprint density at radius 2 is 1.75 bits per heavy atom. The molecule has 1 heterocycles. The van der Waals surface area contributed by atoms with Crippen LogP contribution in [0.4, 0.5) is 10.5 Å². The van der Waals surface area contributed by atoms with Crippen LogP contribution >= 0.6 is 11.6 Å². The van der Waals surface area contributed by atoms with E-state index in [0.29, 0.717) is 32.9 Å². The van der Waals surface area contributed by atoms with E-state index in [1.807, 2.05) is 30.3 Å². The summed E-state index contributed by atoms with van der Waals surface area (Å²) in [5.74, 6) is -0.110. The second kappa shape index (κ2) is 11.0. The molecule has 0 atom stereocenters. The van der Waals surface area contributed by atoms with E-state index in [4.69, 9.17) is 16.3 Å². The summed E-state index contributed by atoms with van der Waals surface area (Å²) < 4.78 is 11.5. The first-order valence-electron chi connectivity index (χ1n) is 11.1. The number of methoxy groups -OCH3 is 1.